The van der Waals surface area contributed by atoms with Crippen LogP contribution in [-0.4, -0.2) is 36.4 Å². The number of hydrogen-bond acceptors (Lipinski definition) is 6. The van der Waals surface area contributed by atoms with Gasteiger partial charge in [-0.25, -0.2) is 13.8 Å². The van der Waals surface area contributed by atoms with Gasteiger partial charge in [0.25, 0.3) is 12.3 Å². The number of alkyl halides is 5. The molecule has 4 heterocycles. The van der Waals surface area contributed by atoms with Crippen LogP contribution in [0.5, 0.6) is 0 Å². The van der Waals surface area contributed by atoms with Crippen molar-refractivity contribution in [3.05, 3.63) is 44.9 Å². The van der Waals surface area contributed by atoms with E-state index in [4.69, 9.17) is 17.3 Å². The second-order valence-electron chi connectivity index (χ2n) is 9.48. The first-order chi connectivity index (χ1) is 18.7. The molecule has 0 radical (unpaired) electrons. The number of rotatable bonds is 7. The number of nitrogens with zero attached hydrogens (tertiary/aromatic N) is 5. The van der Waals surface area contributed by atoms with Gasteiger partial charge in [-0.05, 0) is 38.3 Å². The summed E-state index contributed by atoms with van der Waals surface area (Å²) in [5.74, 6) is -2.08. The van der Waals surface area contributed by atoms with Crippen molar-refractivity contribution in [3.63, 3.8) is 0 Å². The van der Waals surface area contributed by atoms with Gasteiger partial charge in [-0.3, -0.25) is 19.0 Å². The molecule has 16 heteroatoms. The lowest BCUT2D eigenvalue weighted by atomic mass is 10.0. The van der Waals surface area contributed by atoms with Crippen LogP contribution in [0.2, 0.25) is 5.02 Å². The van der Waals surface area contributed by atoms with Gasteiger partial charge in [0.05, 0.1) is 22.1 Å². The summed E-state index contributed by atoms with van der Waals surface area (Å²) in [7, 11) is 1.64. The average molecular weight is 602 g/mol. The molecule has 40 heavy (non-hydrogen) atoms. The van der Waals surface area contributed by atoms with Crippen LogP contribution in [0.3, 0.4) is 0 Å². The molecule has 1 unspecified atom stereocenters. The summed E-state index contributed by atoms with van der Waals surface area (Å²) in [5.41, 5.74) is 4.85. The molecule has 9 nitrogen and oxygen atoms in total. The third-order valence-electron chi connectivity index (χ3n) is 6.55. The van der Waals surface area contributed by atoms with Crippen LogP contribution in [0.4, 0.5) is 27.6 Å². The topological polar surface area (TPSA) is 121 Å². The highest BCUT2D eigenvalue weighted by molar-refractivity contribution is 7.21. The lowest BCUT2D eigenvalue weighted by molar-refractivity contribution is -0.141. The van der Waals surface area contributed by atoms with Gasteiger partial charge in [0.15, 0.2) is 5.69 Å². The van der Waals surface area contributed by atoms with Crippen molar-refractivity contribution in [3.8, 4) is 11.1 Å². The van der Waals surface area contributed by atoms with E-state index in [2.05, 4.69) is 20.5 Å². The molecule has 4 aromatic heterocycles. The van der Waals surface area contributed by atoms with Crippen LogP contribution in [0.15, 0.2) is 12.3 Å². The third-order valence-corrected chi connectivity index (χ3v) is 8.02. The minimum atomic E-state index is -4.84. The number of nitrogens with one attached hydrogen (secondary N) is 1. The van der Waals surface area contributed by atoms with E-state index in [1.54, 1.807) is 20.2 Å². The molecule has 0 bridgehead atoms. The fraction of sp³-hybridized carbons (Fsp3) is 0.375. The van der Waals surface area contributed by atoms with E-state index in [9.17, 15) is 31.5 Å². The fourth-order valence-corrected chi connectivity index (χ4v) is 5.96. The molecule has 5 rings (SSSR count). The van der Waals surface area contributed by atoms with Gasteiger partial charge in [0.1, 0.15) is 21.4 Å². The van der Waals surface area contributed by atoms with Gasteiger partial charge >= 0.3 is 6.18 Å². The highest BCUT2D eigenvalue weighted by atomic mass is 35.5. The summed E-state index contributed by atoms with van der Waals surface area (Å²) in [6, 6.07) is -0.154. The molecule has 1 atom stereocenters. The quantitative estimate of drug-likeness (QED) is 0.252. The number of nitrogens with two attached hydrogens (primary N) is 1. The maximum absolute atomic E-state index is 13.8. The Kier molecular flexibility index (Phi) is 6.85. The second kappa shape index (κ2) is 9.80. The summed E-state index contributed by atoms with van der Waals surface area (Å²) >= 11 is 6.77. The van der Waals surface area contributed by atoms with Crippen molar-refractivity contribution in [2.24, 2.45) is 12.8 Å². The van der Waals surface area contributed by atoms with E-state index < -0.39 is 46.9 Å². The zero-order valence-corrected chi connectivity index (χ0v) is 22.7. The first-order valence-electron chi connectivity index (χ1n) is 11.9. The minimum absolute atomic E-state index is 0.00738. The van der Waals surface area contributed by atoms with Crippen molar-refractivity contribution in [1.82, 2.24) is 24.5 Å². The Bertz CT molecular complexity index is 1670. The molecule has 2 amide bonds. The van der Waals surface area contributed by atoms with Crippen LogP contribution in [-0.2, 0) is 18.0 Å². The molecule has 212 valence electrons. The highest BCUT2D eigenvalue weighted by Gasteiger charge is 2.43. The number of anilines is 1. The van der Waals surface area contributed by atoms with Crippen LogP contribution in [0.25, 0.3) is 21.3 Å². The number of aromatic nitrogens is 5. The van der Waals surface area contributed by atoms with Crippen molar-refractivity contribution in [2.45, 2.75) is 51.3 Å². The number of halogens is 6. The average Bonchev–Trinajstić information content (AvgIpc) is 3.41. The number of pyridine rings is 1. The Morgan fingerprint density at radius 1 is 1.23 bits per heavy atom. The van der Waals surface area contributed by atoms with Crippen molar-refractivity contribution < 1.29 is 31.5 Å². The lowest BCUT2D eigenvalue weighted by Crippen LogP contribution is -2.27. The first-order valence-corrected chi connectivity index (χ1v) is 13.1. The molecule has 0 aromatic carbocycles. The Balaban J connectivity index is 1.65. The third kappa shape index (κ3) is 4.80. The van der Waals surface area contributed by atoms with E-state index in [-0.39, 0.29) is 38.0 Å². The predicted octanol–water partition coefficient (Wildman–Crippen LogP) is 5.99. The lowest BCUT2D eigenvalue weighted by Gasteiger charge is -2.17. The summed E-state index contributed by atoms with van der Waals surface area (Å²) in [5, 5.41) is 10.1. The van der Waals surface area contributed by atoms with E-state index in [1.165, 1.54) is 11.6 Å². The molecular weight excluding hydrogens is 581 g/mol. The van der Waals surface area contributed by atoms with Crippen molar-refractivity contribution in [1.29, 1.82) is 0 Å². The van der Waals surface area contributed by atoms with Crippen molar-refractivity contribution >= 4 is 50.7 Å². The molecule has 1 aliphatic carbocycles. The van der Waals surface area contributed by atoms with Crippen molar-refractivity contribution in [2.75, 3.05) is 5.32 Å². The standard InChI is InChI=1S/C24H21ClF5N7O2S/c1-8-12(7-36(3)34-8)11-6-13(20(26)27)32-23-14(11)16(18(40-23)21(31)38)33-22(39)9(2)37-17(10-4-5-10)15(25)19(35-37)24(28,29)30/h6-7,9-10,20H,4-5H2,1-3H3,(H2,31,38)(H,33,39). The number of primary amides is 1. The van der Waals surface area contributed by atoms with E-state index in [0.717, 1.165) is 10.7 Å². The van der Waals surface area contributed by atoms with Gasteiger partial charge in [-0.1, -0.05) is 11.6 Å². The van der Waals surface area contributed by atoms with Crippen LogP contribution in [0, 0.1) is 6.92 Å². The molecule has 1 fully saturated rings. The Morgan fingerprint density at radius 2 is 1.90 bits per heavy atom. The summed E-state index contributed by atoms with van der Waals surface area (Å²) in [6.07, 6.45) is -5.02. The molecule has 0 aliphatic heterocycles. The summed E-state index contributed by atoms with van der Waals surface area (Å²) < 4.78 is 70.6. The predicted molar refractivity (Wildman–Crippen MR) is 138 cm³/mol. The fourth-order valence-electron chi connectivity index (χ4n) is 4.56. The number of fused-ring (bicyclic) bond motifs is 1. The maximum Gasteiger partial charge on any atom is 0.436 e. The SMILES string of the molecule is Cc1nn(C)cc1-c1cc(C(F)F)nc2sc(C(N)=O)c(NC(=O)C(C)n3nc(C(F)(F)F)c(Cl)c3C3CC3)c12. The Morgan fingerprint density at radius 3 is 2.42 bits per heavy atom. The Hall–Kier alpha value is -3.59. The normalized spacial score (nSPS) is 14.8. The molecule has 1 saturated carbocycles. The number of carbonyl (C=O) groups is 2. The number of thiophene rings is 1. The van der Waals surface area contributed by atoms with E-state index >= 15 is 0 Å². The number of hydrogen-bond donors (Lipinski definition) is 2. The molecule has 4 aromatic rings. The van der Waals surface area contributed by atoms with Gasteiger partial charge in [-0.15, -0.1) is 11.3 Å². The van der Waals surface area contributed by atoms with Gasteiger partial charge < -0.3 is 11.1 Å². The summed E-state index contributed by atoms with van der Waals surface area (Å²) in [6.45, 7) is 2.99. The maximum atomic E-state index is 13.8. The molecule has 3 N–H and O–H groups in total. The van der Waals surface area contributed by atoms with Gasteiger partial charge in [0, 0.05) is 30.1 Å². The smallest absolute Gasteiger partial charge is 0.365 e. The summed E-state index contributed by atoms with van der Waals surface area (Å²) in [4.78, 5) is 29.7. The molecule has 0 spiro atoms. The number of amides is 2. The monoisotopic (exact) mass is 601 g/mol. The zero-order valence-electron chi connectivity index (χ0n) is 21.1. The van der Waals surface area contributed by atoms with E-state index in [0.29, 0.717) is 35.4 Å². The van der Waals surface area contributed by atoms with E-state index in [1.807, 2.05) is 0 Å². The van der Waals surface area contributed by atoms with Crippen LogP contribution >= 0.6 is 22.9 Å². The van der Waals surface area contributed by atoms with Crippen LogP contribution in [0.1, 0.15) is 70.6 Å². The molecule has 1 aliphatic rings. The highest BCUT2D eigenvalue weighted by Crippen LogP contribution is 2.48. The molecule has 0 saturated heterocycles. The largest absolute Gasteiger partial charge is 0.436 e. The number of carbonyl (C=O) groups excluding carboxylic acids is 2. The van der Waals surface area contributed by atoms with Crippen LogP contribution < -0.4 is 11.1 Å². The first kappa shape index (κ1) is 28.0. The Labute approximate surface area is 232 Å². The van der Waals surface area contributed by atoms with Gasteiger partial charge in [-0.2, -0.15) is 23.4 Å². The number of aryl methyl sites for hydroxylation is 2. The van der Waals surface area contributed by atoms with Gasteiger partial charge in [0.2, 0.25) is 5.91 Å². The molecular formula is C24H21ClF5N7O2S. The second-order valence-corrected chi connectivity index (χ2v) is 10.9. The zero-order chi connectivity index (χ0) is 29.3. The minimum Gasteiger partial charge on any atom is -0.365 e.